The zero-order valence-corrected chi connectivity index (χ0v) is 27.8. The molecule has 240 valence electrons. The van der Waals surface area contributed by atoms with E-state index in [0.717, 1.165) is 39.4 Å². The summed E-state index contributed by atoms with van der Waals surface area (Å²) in [6.07, 6.45) is 2.29. The molecule has 1 amide bonds. The zero-order chi connectivity index (χ0) is 33.3. The summed E-state index contributed by atoms with van der Waals surface area (Å²) in [5, 5.41) is 4.62. The number of amides is 1. The number of hydrogen-bond acceptors (Lipinski definition) is 6. The van der Waals surface area contributed by atoms with Crippen molar-refractivity contribution in [2.45, 2.75) is 73.8 Å². The lowest BCUT2D eigenvalue weighted by Crippen LogP contribution is -2.34. The van der Waals surface area contributed by atoms with Crippen LogP contribution in [0.2, 0.25) is 0 Å². The van der Waals surface area contributed by atoms with E-state index in [1.807, 2.05) is 76.4 Å². The number of aromatic nitrogens is 1. The van der Waals surface area contributed by atoms with Crippen LogP contribution >= 0.6 is 11.3 Å². The first-order valence-corrected chi connectivity index (χ1v) is 15.9. The number of hydrogen-bond donors (Lipinski definition) is 1. The van der Waals surface area contributed by atoms with E-state index in [1.165, 1.54) is 6.07 Å². The molecule has 6 nitrogen and oxygen atoms in total. The Kier molecular flexibility index (Phi) is 12.5. The third kappa shape index (κ3) is 10.8. The number of pyridine rings is 1. The summed E-state index contributed by atoms with van der Waals surface area (Å²) < 4.78 is 35.1. The smallest absolute Gasteiger partial charge is 0.221 e. The van der Waals surface area contributed by atoms with Gasteiger partial charge in [0, 0.05) is 48.9 Å². The molecule has 0 aliphatic rings. The van der Waals surface area contributed by atoms with Gasteiger partial charge in [0.1, 0.15) is 34.7 Å². The monoisotopic (exact) mass is 636 g/mol. The van der Waals surface area contributed by atoms with Gasteiger partial charge in [0.05, 0.1) is 16.3 Å². The third-order valence-corrected chi connectivity index (χ3v) is 7.82. The molecule has 9 heteroatoms. The molecular weight excluding hydrogens is 594 g/mol. The average molecular weight is 637 g/mol. The maximum absolute atomic E-state index is 14.0. The molecule has 1 unspecified atom stereocenters. The predicted molar refractivity (Wildman–Crippen MR) is 175 cm³/mol. The van der Waals surface area contributed by atoms with Crippen molar-refractivity contribution in [3.8, 4) is 11.5 Å². The minimum absolute atomic E-state index is 0.0693. The fraction of sp³-hybridized carbons (Fsp3) is 0.389. The van der Waals surface area contributed by atoms with Crippen LogP contribution in [0, 0.1) is 28.9 Å². The van der Waals surface area contributed by atoms with E-state index in [0.29, 0.717) is 6.42 Å². The lowest BCUT2D eigenvalue weighted by atomic mass is 9.91. The number of rotatable bonds is 11. The normalized spacial score (nSPS) is 12.1. The number of ether oxygens (including phenoxy) is 1. The van der Waals surface area contributed by atoms with E-state index in [2.05, 4.69) is 10.3 Å². The van der Waals surface area contributed by atoms with Gasteiger partial charge in [-0.2, -0.15) is 0 Å². The second-order valence-electron chi connectivity index (χ2n) is 12.8. The van der Waals surface area contributed by atoms with Crippen LogP contribution in [0.25, 0.3) is 10.2 Å². The second kappa shape index (κ2) is 15.8. The molecule has 0 spiro atoms. The van der Waals surface area contributed by atoms with Gasteiger partial charge in [-0.25, -0.2) is 8.78 Å². The summed E-state index contributed by atoms with van der Waals surface area (Å²) in [7, 11) is 0. The van der Waals surface area contributed by atoms with Crippen LogP contribution in [0.5, 0.6) is 11.5 Å². The highest BCUT2D eigenvalue weighted by Gasteiger charge is 2.27. The number of nitrogens with one attached hydrogen (secondary N) is 1. The van der Waals surface area contributed by atoms with Gasteiger partial charge >= 0.3 is 0 Å². The minimum atomic E-state index is -0.999. The van der Waals surface area contributed by atoms with Gasteiger partial charge in [0.25, 0.3) is 0 Å². The Morgan fingerprint density at radius 3 is 2.09 bits per heavy atom. The Balaban J connectivity index is 0.000000245. The lowest BCUT2D eigenvalue weighted by molar-refractivity contribution is -0.125. The number of ketones is 2. The van der Waals surface area contributed by atoms with Crippen LogP contribution in [0.3, 0.4) is 0 Å². The molecule has 4 aromatic rings. The Bertz CT molecular complexity index is 1590. The van der Waals surface area contributed by atoms with E-state index in [1.54, 1.807) is 31.4 Å². The number of nitrogens with zero attached hydrogens (tertiary/aromatic N) is 1. The topological polar surface area (TPSA) is 85.4 Å². The standard InChI is InChI=1S/C18H25F2NO2.C18H17NO2S/c1-11(2)15(22)9-14(21-16(23)10-18(3,4)5)17-12(19)7-6-8-13(17)20;1-12(2)16(20)11-13-3-5-14(6-4-13)21-17-7-9-19-15-8-10-22-18(15)17/h6-8,11,14H,9-10H2,1-5H3,(H,21,23);3-10,12H,11H2,1-2H3. The largest absolute Gasteiger partial charge is 0.456 e. The Hall–Kier alpha value is -3.98. The highest BCUT2D eigenvalue weighted by Crippen LogP contribution is 2.32. The van der Waals surface area contributed by atoms with Crippen molar-refractivity contribution in [3.05, 3.63) is 88.9 Å². The molecule has 0 bridgehead atoms. The van der Waals surface area contributed by atoms with Gasteiger partial charge < -0.3 is 10.1 Å². The van der Waals surface area contributed by atoms with Gasteiger partial charge in [-0.3, -0.25) is 19.4 Å². The highest BCUT2D eigenvalue weighted by atomic mass is 32.1. The van der Waals surface area contributed by atoms with Gasteiger partial charge in [0.15, 0.2) is 0 Å². The number of halogens is 2. The molecule has 2 heterocycles. The number of benzene rings is 2. The molecule has 0 aliphatic heterocycles. The van der Waals surface area contributed by atoms with Crippen LogP contribution in [0.1, 0.15) is 78.5 Å². The van der Waals surface area contributed by atoms with Crippen molar-refractivity contribution in [2.24, 2.45) is 17.3 Å². The van der Waals surface area contributed by atoms with Crippen molar-refractivity contribution in [3.63, 3.8) is 0 Å². The molecule has 0 saturated heterocycles. The number of thiophene rings is 1. The molecule has 0 fully saturated rings. The molecule has 0 saturated carbocycles. The van der Waals surface area contributed by atoms with Crippen molar-refractivity contribution in [2.75, 3.05) is 0 Å². The van der Waals surface area contributed by atoms with Crippen LogP contribution in [-0.4, -0.2) is 22.5 Å². The van der Waals surface area contributed by atoms with Crippen molar-refractivity contribution >= 4 is 39.0 Å². The van der Waals surface area contributed by atoms with Crippen LogP contribution < -0.4 is 10.1 Å². The van der Waals surface area contributed by atoms with E-state index < -0.39 is 17.7 Å². The molecule has 4 rings (SSSR count). The van der Waals surface area contributed by atoms with Crippen LogP contribution in [-0.2, 0) is 20.8 Å². The van der Waals surface area contributed by atoms with Gasteiger partial charge in [-0.1, -0.05) is 66.7 Å². The first kappa shape index (κ1) is 35.5. The Morgan fingerprint density at radius 1 is 0.889 bits per heavy atom. The second-order valence-corrected chi connectivity index (χ2v) is 13.7. The minimum Gasteiger partial charge on any atom is -0.456 e. The number of carbonyl (C=O) groups is 3. The predicted octanol–water partition coefficient (Wildman–Crippen LogP) is 9.03. The summed E-state index contributed by atoms with van der Waals surface area (Å²) >= 11 is 1.62. The van der Waals surface area contributed by atoms with Gasteiger partial charge in [-0.15, -0.1) is 11.3 Å². The van der Waals surface area contributed by atoms with Crippen molar-refractivity contribution in [1.29, 1.82) is 0 Å². The lowest BCUT2D eigenvalue weighted by Gasteiger charge is -2.23. The average Bonchev–Trinajstić information content (AvgIpc) is 3.43. The quantitative estimate of drug-likeness (QED) is 0.178. The molecule has 0 aliphatic carbocycles. The van der Waals surface area contributed by atoms with E-state index in [-0.39, 0.29) is 53.1 Å². The molecule has 2 aromatic heterocycles. The zero-order valence-electron chi connectivity index (χ0n) is 26.9. The maximum atomic E-state index is 14.0. The van der Waals surface area contributed by atoms with Crippen molar-refractivity contribution in [1.82, 2.24) is 10.3 Å². The van der Waals surface area contributed by atoms with E-state index >= 15 is 0 Å². The van der Waals surface area contributed by atoms with E-state index in [4.69, 9.17) is 4.74 Å². The fourth-order valence-electron chi connectivity index (χ4n) is 4.37. The maximum Gasteiger partial charge on any atom is 0.221 e. The molecule has 1 atom stereocenters. The van der Waals surface area contributed by atoms with Crippen LogP contribution in [0.4, 0.5) is 8.78 Å². The molecule has 2 aromatic carbocycles. The summed E-state index contributed by atoms with van der Waals surface area (Å²) in [6, 6.07) is 14.1. The summed E-state index contributed by atoms with van der Waals surface area (Å²) in [4.78, 5) is 40.2. The highest BCUT2D eigenvalue weighted by molar-refractivity contribution is 7.17. The third-order valence-electron chi connectivity index (χ3n) is 6.90. The van der Waals surface area contributed by atoms with Gasteiger partial charge in [0.2, 0.25) is 5.91 Å². The Labute approximate surface area is 268 Å². The van der Waals surface area contributed by atoms with Gasteiger partial charge in [-0.05, 0) is 46.7 Å². The summed E-state index contributed by atoms with van der Waals surface area (Å²) in [5.74, 6) is -0.386. The molecule has 45 heavy (non-hydrogen) atoms. The number of fused-ring (bicyclic) bond motifs is 1. The van der Waals surface area contributed by atoms with E-state index in [9.17, 15) is 23.2 Å². The first-order chi connectivity index (χ1) is 21.1. The molecule has 1 N–H and O–H groups in total. The first-order valence-electron chi connectivity index (χ1n) is 15.0. The van der Waals surface area contributed by atoms with Crippen LogP contribution in [0.15, 0.2) is 66.2 Å². The Morgan fingerprint density at radius 2 is 1.51 bits per heavy atom. The number of Topliss-reactive ketones (excluding diaryl/α,β-unsaturated/α-hetero) is 2. The summed E-state index contributed by atoms with van der Waals surface area (Å²) in [5.41, 5.74) is 1.44. The fourth-order valence-corrected chi connectivity index (χ4v) is 5.17. The van der Waals surface area contributed by atoms with Crippen molar-refractivity contribution < 1.29 is 27.9 Å². The number of carbonyl (C=O) groups excluding carboxylic acids is 3. The molecular formula is C36H42F2N2O4S. The molecule has 0 radical (unpaired) electrons. The summed E-state index contributed by atoms with van der Waals surface area (Å²) in [6.45, 7) is 13.0. The SMILES string of the molecule is CC(C)C(=O)CC(NC(=O)CC(C)(C)C)c1c(F)cccc1F.CC(C)C(=O)Cc1ccc(Oc2ccnc3ccsc23)cc1.